The van der Waals surface area contributed by atoms with Gasteiger partial charge in [0.05, 0.1) is 10.5 Å². The summed E-state index contributed by atoms with van der Waals surface area (Å²) in [5.41, 5.74) is 1.05. The number of hydrogen-bond donors (Lipinski definition) is 2. The van der Waals surface area contributed by atoms with Gasteiger partial charge in [-0.2, -0.15) is 0 Å². The summed E-state index contributed by atoms with van der Waals surface area (Å²) >= 11 is 0. The summed E-state index contributed by atoms with van der Waals surface area (Å²) in [6, 6.07) is 4.46. The van der Waals surface area contributed by atoms with Crippen molar-refractivity contribution in [3.8, 4) is 0 Å². The SMILES string of the molecule is Cc1cncc(C(=O)Nc2cc(F)cc(S(N)(=O)=O)c2)c1. The molecule has 1 heterocycles. The van der Waals surface area contributed by atoms with E-state index in [-0.39, 0.29) is 11.3 Å². The van der Waals surface area contributed by atoms with Gasteiger partial charge in [-0.25, -0.2) is 17.9 Å². The van der Waals surface area contributed by atoms with Crippen LogP contribution in [0.25, 0.3) is 0 Å². The molecule has 1 amide bonds. The van der Waals surface area contributed by atoms with E-state index in [1.54, 1.807) is 19.2 Å². The van der Waals surface area contributed by atoms with Gasteiger partial charge >= 0.3 is 0 Å². The maximum Gasteiger partial charge on any atom is 0.257 e. The van der Waals surface area contributed by atoms with Gasteiger partial charge < -0.3 is 5.32 Å². The lowest BCUT2D eigenvalue weighted by atomic mass is 10.2. The molecule has 1 aromatic carbocycles. The Bertz CT molecular complexity index is 806. The topological polar surface area (TPSA) is 102 Å². The van der Waals surface area contributed by atoms with Gasteiger partial charge in [-0.1, -0.05) is 0 Å². The van der Waals surface area contributed by atoms with Crippen LogP contribution in [0.4, 0.5) is 10.1 Å². The van der Waals surface area contributed by atoms with Crippen LogP contribution in [0.5, 0.6) is 0 Å². The van der Waals surface area contributed by atoms with Crippen molar-refractivity contribution in [2.45, 2.75) is 11.8 Å². The van der Waals surface area contributed by atoms with Crippen LogP contribution >= 0.6 is 0 Å². The average Bonchev–Trinajstić information content (AvgIpc) is 2.37. The highest BCUT2D eigenvalue weighted by atomic mass is 32.2. The molecule has 2 aromatic rings. The first-order chi connectivity index (χ1) is 9.75. The number of primary sulfonamides is 1. The van der Waals surface area contributed by atoms with Crippen molar-refractivity contribution in [3.05, 3.63) is 53.6 Å². The molecule has 0 aliphatic heterocycles. The number of carbonyl (C=O) groups is 1. The van der Waals surface area contributed by atoms with Crippen molar-refractivity contribution < 1.29 is 17.6 Å². The number of anilines is 1. The first kappa shape index (κ1) is 15.1. The van der Waals surface area contributed by atoms with Gasteiger partial charge in [-0.3, -0.25) is 9.78 Å². The summed E-state index contributed by atoms with van der Waals surface area (Å²) in [6.45, 7) is 1.77. The molecule has 0 saturated heterocycles. The van der Waals surface area contributed by atoms with Gasteiger partial charge in [0.1, 0.15) is 5.82 Å². The van der Waals surface area contributed by atoms with Crippen LogP contribution in [0.2, 0.25) is 0 Å². The van der Waals surface area contributed by atoms with Gasteiger partial charge in [0.15, 0.2) is 0 Å². The van der Waals surface area contributed by atoms with Crippen molar-refractivity contribution in [2.24, 2.45) is 5.14 Å². The number of amides is 1. The van der Waals surface area contributed by atoms with Crippen molar-refractivity contribution in [2.75, 3.05) is 5.32 Å². The second-order valence-corrected chi connectivity index (χ2v) is 5.99. The highest BCUT2D eigenvalue weighted by Crippen LogP contribution is 2.18. The third kappa shape index (κ3) is 3.83. The highest BCUT2D eigenvalue weighted by molar-refractivity contribution is 7.89. The number of aryl methyl sites for hydroxylation is 1. The van der Waals surface area contributed by atoms with Crippen LogP contribution in [0.1, 0.15) is 15.9 Å². The minimum atomic E-state index is -4.06. The van der Waals surface area contributed by atoms with E-state index >= 15 is 0 Å². The van der Waals surface area contributed by atoms with Crippen LogP contribution in [-0.4, -0.2) is 19.3 Å². The van der Waals surface area contributed by atoms with E-state index in [1.807, 2.05) is 0 Å². The summed E-state index contributed by atoms with van der Waals surface area (Å²) in [5.74, 6) is -1.35. The molecule has 0 unspecified atom stereocenters. The fraction of sp³-hybridized carbons (Fsp3) is 0.0769. The van der Waals surface area contributed by atoms with E-state index in [9.17, 15) is 17.6 Å². The number of nitrogens with two attached hydrogens (primary N) is 1. The fourth-order valence-electron chi connectivity index (χ4n) is 1.68. The van der Waals surface area contributed by atoms with Gasteiger partial charge in [0.25, 0.3) is 5.91 Å². The number of pyridine rings is 1. The molecule has 8 heteroatoms. The number of hydrogen-bond acceptors (Lipinski definition) is 4. The molecule has 0 spiro atoms. The summed E-state index contributed by atoms with van der Waals surface area (Å²) in [6.07, 6.45) is 2.93. The predicted molar refractivity (Wildman–Crippen MR) is 74.7 cm³/mol. The zero-order chi connectivity index (χ0) is 15.6. The molecule has 0 bridgehead atoms. The molecule has 0 aliphatic rings. The number of nitrogens with one attached hydrogen (secondary N) is 1. The lowest BCUT2D eigenvalue weighted by Crippen LogP contribution is -2.15. The maximum atomic E-state index is 13.4. The number of carbonyl (C=O) groups excluding carboxylic acids is 1. The number of aromatic nitrogens is 1. The fourth-order valence-corrected chi connectivity index (χ4v) is 2.25. The summed E-state index contributed by atoms with van der Waals surface area (Å²) < 4.78 is 35.8. The molecular formula is C13H12FN3O3S. The van der Waals surface area contributed by atoms with E-state index < -0.39 is 26.6 Å². The second kappa shape index (κ2) is 5.58. The van der Waals surface area contributed by atoms with Crippen LogP contribution in [-0.2, 0) is 10.0 Å². The third-order valence-electron chi connectivity index (χ3n) is 2.59. The molecule has 21 heavy (non-hydrogen) atoms. The molecule has 1 aromatic heterocycles. The van der Waals surface area contributed by atoms with E-state index in [2.05, 4.69) is 10.3 Å². The van der Waals surface area contributed by atoms with Gasteiger partial charge in [-0.15, -0.1) is 0 Å². The quantitative estimate of drug-likeness (QED) is 0.895. The maximum absolute atomic E-state index is 13.4. The minimum absolute atomic E-state index is 0.00877. The summed E-state index contributed by atoms with van der Waals surface area (Å²) in [4.78, 5) is 15.4. The molecule has 0 radical (unpaired) electrons. The Balaban J connectivity index is 2.32. The Morgan fingerprint density at radius 3 is 2.57 bits per heavy atom. The van der Waals surface area contributed by atoms with Crippen molar-refractivity contribution in [3.63, 3.8) is 0 Å². The summed E-state index contributed by atoms with van der Waals surface area (Å²) in [7, 11) is -4.06. The van der Waals surface area contributed by atoms with Crippen LogP contribution in [0.3, 0.4) is 0 Å². The first-order valence-corrected chi connectivity index (χ1v) is 7.37. The predicted octanol–water partition coefficient (Wildman–Crippen LogP) is 1.43. The van der Waals surface area contributed by atoms with Gasteiger partial charge in [0, 0.05) is 18.1 Å². The van der Waals surface area contributed by atoms with Crippen LogP contribution in [0.15, 0.2) is 41.6 Å². The Kier molecular flexibility index (Phi) is 4.01. The standard InChI is InChI=1S/C13H12FN3O3S/c1-8-2-9(7-16-6-8)13(18)17-11-3-10(14)4-12(5-11)21(15,19)20/h2-7H,1H3,(H,17,18)(H2,15,19,20). The van der Waals surface area contributed by atoms with E-state index in [0.29, 0.717) is 0 Å². The second-order valence-electron chi connectivity index (χ2n) is 4.43. The first-order valence-electron chi connectivity index (χ1n) is 5.82. The molecule has 0 aliphatic carbocycles. The number of halogens is 1. The van der Waals surface area contributed by atoms with Gasteiger partial charge in [0.2, 0.25) is 10.0 Å². The minimum Gasteiger partial charge on any atom is -0.322 e. The monoisotopic (exact) mass is 309 g/mol. The number of nitrogens with zero attached hydrogens (tertiary/aromatic N) is 1. The Labute approximate surface area is 120 Å². The molecule has 3 N–H and O–H groups in total. The lowest BCUT2D eigenvalue weighted by Gasteiger charge is -2.07. The molecule has 0 saturated carbocycles. The van der Waals surface area contributed by atoms with E-state index in [4.69, 9.17) is 5.14 Å². The Morgan fingerprint density at radius 1 is 1.24 bits per heavy atom. The normalized spacial score (nSPS) is 11.2. The van der Waals surface area contributed by atoms with Crippen molar-refractivity contribution in [1.29, 1.82) is 0 Å². The molecule has 6 nitrogen and oxygen atoms in total. The summed E-state index contributed by atoms with van der Waals surface area (Å²) in [5, 5.41) is 7.34. The lowest BCUT2D eigenvalue weighted by molar-refractivity contribution is 0.102. The molecule has 2 rings (SSSR count). The Hall–Kier alpha value is -2.32. The van der Waals surface area contributed by atoms with E-state index in [1.165, 1.54) is 6.20 Å². The molecular weight excluding hydrogens is 297 g/mol. The Morgan fingerprint density at radius 2 is 1.95 bits per heavy atom. The molecule has 0 fully saturated rings. The highest BCUT2D eigenvalue weighted by Gasteiger charge is 2.13. The van der Waals surface area contributed by atoms with Crippen LogP contribution < -0.4 is 10.5 Å². The average molecular weight is 309 g/mol. The van der Waals surface area contributed by atoms with Gasteiger partial charge in [-0.05, 0) is 36.8 Å². The molecule has 110 valence electrons. The number of rotatable bonds is 3. The number of benzene rings is 1. The zero-order valence-corrected chi connectivity index (χ0v) is 11.8. The van der Waals surface area contributed by atoms with Crippen molar-refractivity contribution in [1.82, 2.24) is 4.98 Å². The van der Waals surface area contributed by atoms with E-state index in [0.717, 1.165) is 23.8 Å². The smallest absolute Gasteiger partial charge is 0.257 e. The zero-order valence-electron chi connectivity index (χ0n) is 11.0. The van der Waals surface area contributed by atoms with Crippen LogP contribution in [0, 0.1) is 12.7 Å². The number of sulfonamides is 1. The van der Waals surface area contributed by atoms with Crippen molar-refractivity contribution >= 4 is 21.6 Å². The largest absolute Gasteiger partial charge is 0.322 e. The third-order valence-corrected chi connectivity index (χ3v) is 3.49. The molecule has 0 atom stereocenters.